The number of alkyl halides is 3. The van der Waals surface area contributed by atoms with Crippen LogP contribution >= 0.6 is 0 Å². The van der Waals surface area contributed by atoms with Crippen molar-refractivity contribution >= 4 is 27.3 Å². The minimum atomic E-state index is -4.53. The number of nitrogens with zero attached hydrogens (tertiary/aromatic N) is 6. The summed E-state index contributed by atoms with van der Waals surface area (Å²) < 4.78 is 57.0. The summed E-state index contributed by atoms with van der Waals surface area (Å²) in [5.41, 5.74) is 0.123. The third kappa shape index (κ3) is 6.17. The Kier molecular flexibility index (Phi) is 6.81. The number of piperazine rings is 1. The summed E-state index contributed by atoms with van der Waals surface area (Å²) in [4.78, 5) is 24.2. The van der Waals surface area contributed by atoms with Crippen LogP contribution in [0.1, 0.15) is 11.1 Å². The van der Waals surface area contributed by atoms with E-state index >= 15 is 0 Å². The lowest BCUT2D eigenvalue weighted by molar-refractivity contribution is -0.138. The number of benzene rings is 1. The van der Waals surface area contributed by atoms with Crippen molar-refractivity contribution in [3.63, 3.8) is 0 Å². The zero-order valence-electron chi connectivity index (χ0n) is 18.9. The molecule has 1 saturated heterocycles. The first-order valence-electron chi connectivity index (χ1n) is 10.6. The molecule has 1 aliphatic rings. The normalized spacial score (nSPS) is 16.6. The van der Waals surface area contributed by atoms with Crippen LogP contribution in [0.15, 0.2) is 49.1 Å². The summed E-state index contributed by atoms with van der Waals surface area (Å²) in [5, 5.41) is 3.99. The molecule has 3 aromatic rings. The highest BCUT2D eigenvalue weighted by atomic mass is 32.2. The van der Waals surface area contributed by atoms with Crippen molar-refractivity contribution in [3.8, 4) is 11.4 Å². The molecule has 3 heterocycles. The van der Waals surface area contributed by atoms with Gasteiger partial charge in [-0.05, 0) is 23.6 Å². The number of hydrogen-bond donors (Lipinski definition) is 1. The van der Waals surface area contributed by atoms with Crippen LogP contribution in [0, 0.1) is 0 Å². The van der Waals surface area contributed by atoms with Gasteiger partial charge in [-0.3, -0.25) is 4.90 Å². The molecular formula is C22H24F3N7O2S. The first-order valence-corrected chi connectivity index (χ1v) is 12.8. The van der Waals surface area contributed by atoms with E-state index < -0.39 is 21.4 Å². The second-order valence-electron chi connectivity index (χ2n) is 8.27. The van der Waals surface area contributed by atoms with Gasteiger partial charge in [0.15, 0.2) is 5.82 Å². The van der Waals surface area contributed by atoms with Crippen molar-refractivity contribution in [1.29, 1.82) is 0 Å². The van der Waals surface area contributed by atoms with Gasteiger partial charge in [0.05, 0.1) is 23.6 Å². The van der Waals surface area contributed by atoms with Gasteiger partial charge >= 0.3 is 12.2 Å². The van der Waals surface area contributed by atoms with Gasteiger partial charge in [0, 0.05) is 66.6 Å². The Hall–Kier alpha value is -3.45. The van der Waals surface area contributed by atoms with Crippen LogP contribution in [0.25, 0.3) is 11.4 Å². The van der Waals surface area contributed by atoms with E-state index in [1.165, 1.54) is 37.1 Å². The Labute approximate surface area is 200 Å². The average molecular weight is 508 g/mol. The Morgan fingerprint density at radius 2 is 1.86 bits per heavy atom. The minimum Gasteiger partial charge on any atom is -0.320 e. The highest BCUT2D eigenvalue weighted by Crippen LogP contribution is 2.35. The fourth-order valence-corrected chi connectivity index (χ4v) is 4.38. The fraction of sp³-hybridized carbons (Fsp3) is 0.318. The van der Waals surface area contributed by atoms with E-state index in [2.05, 4.69) is 25.7 Å². The van der Waals surface area contributed by atoms with Crippen molar-refractivity contribution in [2.45, 2.75) is 12.7 Å². The second kappa shape index (κ2) is 9.66. The zero-order chi connectivity index (χ0) is 25.2. The summed E-state index contributed by atoms with van der Waals surface area (Å²) in [6, 6.07) is 5.35. The lowest BCUT2D eigenvalue weighted by atomic mass is 10.0. The summed E-state index contributed by atoms with van der Waals surface area (Å²) in [6.07, 6.45) is 2.67. The van der Waals surface area contributed by atoms with E-state index in [-0.39, 0.29) is 24.0 Å². The minimum absolute atomic E-state index is 0.0942. The molecule has 1 fully saturated rings. The predicted octanol–water partition coefficient (Wildman–Crippen LogP) is 2.82. The standard InChI is InChI=1S/C22H24F3N7O2S/c1-35(2,34)29-18-13-28-32(15-18)21(33)31-10-8-30(9-11-31)14-17-5-4-16(12-19(17)22(23,24)25)20-26-6-3-7-27-20/h3-7,12-13,15H,1,8-11,14H2,2H3,(H,29,34). The molecule has 186 valence electrons. The molecule has 1 aliphatic heterocycles. The van der Waals surface area contributed by atoms with Crippen molar-refractivity contribution in [2.24, 2.45) is 0 Å². The van der Waals surface area contributed by atoms with E-state index in [0.717, 1.165) is 10.7 Å². The van der Waals surface area contributed by atoms with Crippen LogP contribution in [0.2, 0.25) is 0 Å². The largest absolute Gasteiger partial charge is 0.416 e. The molecule has 1 atom stereocenters. The average Bonchev–Trinajstić information content (AvgIpc) is 3.26. The zero-order valence-corrected chi connectivity index (χ0v) is 19.7. The topological polar surface area (TPSA) is 96.2 Å². The van der Waals surface area contributed by atoms with Gasteiger partial charge in [-0.25, -0.2) is 19.0 Å². The van der Waals surface area contributed by atoms with Crippen LogP contribution in [0.3, 0.4) is 0 Å². The molecule has 1 aromatic carbocycles. The molecule has 35 heavy (non-hydrogen) atoms. The Balaban J connectivity index is 1.42. The maximum absolute atomic E-state index is 13.8. The Morgan fingerprint density at radius 3 is 2.49 bits per heavy atom. The molecule has 1 N–H and O–H groups in total. The summed E-state index contributed by atoms with van der Waals surface area (Å²) in [5.74, 6) is 3.72. The highest BCUT2D eigenvalue weighted by molar-refractivity contribution is 8.00. The van der Waals surface area contributed by atoms with E-state index in [9.17, 15) is 22.2 Å². The number of halogens is 3. The van der Waals surface area contributed by atoms with E-state index in [0.29, 0.717) is 37.4 Å². The first-order chi connectivity index (χ1) is 16.5. The molecule has 1 amide bonds. The quantitative estimate of drug-likeness (QED) is 0.534. The third-order valence-corrected chi connectivity index (χ3v) is 6.06. The van der Waals surface area contributed by atoms with Crippen molar-refractivity contribution in [1.82, 2.24) is 29.5 Å². The maximum Gasteiger partial charge on any atom is 0.416 e. The molecule has 0 radical (unpaired) electrons. The molecule has 0 spiro atoms. The lowest BCUT2D eigenvalue weighted by Gasteiger charge is -2.34. The molecule has 0 aliphatic carbocycles. The molecular weight excluding hydrogens is 483 g/mol. The SMILES string of the molecule is C=S(C)(=O)Nc1cnn(C(=O)N2CCN(Cc3ccc(-c4ncccn4)cc3C(F)(F)F)CC2)c1. The molecule has 0 saturated carbocycles. The van der Waals surface area contributed by atoms with Crippen LogP contribution in [0.4, 0.5) is 23.7 Å². The van der Waals surface area contributed by atoms with Crippen molar-refractivity contribution in [2.75, 3.05) is 37.2 Å². The monoisotopic (exact) mass is 507 g/mol. The highest BCUT2D eigenvalue weighted by Gasteiger charge is 2.34. The predicted molar refractivity (Wildman–Crippen MR) is 127 cm³/mol. The number of rotatable bonds is 5. The summed E-state index contributed by atoms with van der Waals surface area (Å²) in [6.45, 7) is 1.56. The van der Waals surface area contributed by atoms with Gasteiger partial charge in [0.25, 0.3) is 0 Å². The number of amides is 1. The molecule has 9 nitrogen and oxygen atoms in total. The summed E-state index contributed by atoms with van der Waals surface area (Å²) in [7, 11) is -2.51. The van der Waals surface area contributed by atoms with Gasteiger partial charge in [-0.2, -0.15) is 23.0 Å². The van der Waals surface area contributed by atoms with Gasteiger partial charge < -0.3 is 9.62 Å². The van der Waals surface area contributed by atoms with E-state index in [1.807, 2.05) is 4.90 Å². The number of nitrogens with one attached hydrogen (secondary N) is 1. The first kappa shape index (κ1) is 24.7. The smallest absolute Gasteiger partial charge is 0.320 e. The number of aromatic nitrogens is 4. The van der Waals surface area contributed by atoms with Crippen molar-refractivity contribution < 1.29 is 22.2 Å². The van der Waals surface area contributed by atoms with Gasteiger partial charge in [0.2, 0.25) is 0 Å². The van der Waals surface area contributed by atoms with Gasteiger partial charge in [0.1, 0.15) is 0 Å². The van der Waals surface area contributed by atoms with Gasteiger partial charge in [-0.1, -0.05) is 12.1 Å². The van der Waals surface area contributed by atoms with Crippen LogP contribution in [-0.2, 0) is 22.4 Å². The fourth-order valence-electron chi connectivity index (χ4n) is 3.78. The number of hydrogen-bond acceptors (Lipinski definition) is 6. The van der Waals surface area contributed by atoms with Gasteiger partial charge in [-0.15, -0.1) is 0 Å². The van der Waals surface area contributed by atoms with Crippen LogP contribution in [-0.4, -0.2) is 78.1 Å². The number of carbonyl (C=O) groups is 1. The molecule has 13 heteroatoms. The second-order valence-corrected chi connectivity index (χ2v) is 10.5. The number of anilines is 1. The van der Waals surface area contributed by atoms with E-state index in [1.54, 1.807) is 17.0 Å². The number of carbonyl (C=O) groups excluding carboxylic acids is 1. The Bertz CT molecular complexity index is 1300. The molecule has 2 aromatic heterocycles. The molecule has 0 bridgehead atoms. The summed E-state index contributed by atoms with van der Waals surface area (Å²) >= 11 is 0. The Morgan fingerprint density at radius 1 is 1.17 bits per heavy atom. The maximum atomic E-state index is 13.8. The third-order valence-electron chi connectivity index (χ3n) is 5.39. The van der Waals surface area contributed by atoms with Crippen LogP contribution in [0.5, 0.6) is 0 Å². The van der Waals surface area contributed by atoms with E-state index in [4.69, 9.17) is 0 Å². The molecule has 4 rings (SSSR count). The van der Waals surface area contributed by atoms with Crippen LogP contribution < -0.4 is 4.72 Å². The van der Waals surface area contributed by atoms with Crippen molar-refractivity contribution in [3.05, 3.63) is 60.2 Å². The lowest BCUT2D eigenvalue weighted by Crippen LogP contribution is -2.49. The molecule has 1 unspecified atom stereocenters.